The standard InChI is InChI=1S/C37H44N4O6/c1-10-22-18(3)26-15-28-20(5)24(12-13-32(42)45-7)35(40-28)25(14-33(43)46-8)36-34(37(44)47-9)21(6)29(41-36)17-31-23(11-2)19(4)27(39-31)16-30(22)38-26/h10,15-17,19-20,23-24,38,41H,1,11-14H2,2-9H3/t19?,20?,23?,24-/m1/s1. The van der Waals surface area contributed by atoms with Gasteiger partial charge in [0.05, 0.1) is 44.5 Å². The molecule has 4 atom stereocenters. The van der Waals surface area contributed by atoms with Crippen molar-refractivity contribution < 1.29 is 28.6 Å². The number of carbonyl (C=O) groups is 3. The quantitative estimate of drug-likeness (QED) is 0.195. The van der Waals surface area contributed by atoms with Crippen LogP contribution in [-0.2, 0) is 30.2 Å². The molecule has 47 heavy (non-hydrogen) atoms. The van der Waals surface area contributed by atoms with Gasteiger partial charge in [-0.25, -0.2) is 4.79 Å². The fraction of sp³-hybridized carbons (Fsp3) is 0.432. The van der Waals surface area contributed by atoms with E-state index in [0.29, 0.717) is 39.8 Å². The van der Waals surface area contributed by atoms with Crippen molar-refractivity contribution in [1.82, 2.24) is 19.9 Å². The second kappa shape index (κ2) is 13.6. The van der Waals surface area contributed by atoms with Gasteiger partial charge in [-0.15, -0.1) is 0 Å². The first kappa shape index (κ1) is 33.6. The lowest BCUT2D eigenvalue weighted by molar-refractivity contribution is -0.141. The molecule has 0 radical (unpaired) electrons. The molecule has 3 aromatic heterocycles. The molecule has 2 aliphatic rings. The second-order valence-corrected chi connectivity index (χ2v) is 12.5. The topological polar surface area (TPSA) is 136 Å². The average Bonchev–Trinajstić information content (AvgIpc) is 3.74. The van der Waals surface area contributed by atoms with Crippen LogP contribution in [0.2, 0.25) is 0 Å². The number of aryl methyl sites for hydroxylation is 2. The third-order valence-corrected chi connectivity index (χ3v) is 9.99. The number of hydrogen-bond acceptors (Lipinski definition) is 8. The summed E-state index contributed by atoms with van der Waals surface area (Å²) < 4.78 is 15.4. The lowest BCUT2D eigenvalue weighted by atomic mass is 9.85. The Kier molecular flexibility index (Phi) is 9.70. The van der Waals surface area contributed by atoms with Crippen LogP contribution >= 0.6 is 0 Å². The number of aromatic amines is 2. The molecule has 3 unspecified atom stereocenters. The summed E-state index contributed by atoms with van der Waals surface area (Å²) in [5.41, 5.74) is 9.69. The highest BCUT2D eigenvalue weighted by atomic mass is 16.5. The van der Waals surface area contributed by atoms with Gasteiger partial charge in [0.15, 0.2) is 0 Å². The zero-order valence-electron chi connectivity index (χ0n) is 28.5. The number of carbonyl (C=O) groups excluding carboxylic acids is 3. The molecule has 2 aliphatic heterocycles. The Morgan fingerprint density at radius 2 is 1.45 bits per heavy atom. The second-order valence-electron chi connectivity index (χ2n) is 12.5. The van der Waals surface area contributed by atoms with E-state index in [1.54, 1.807) is 0 Å². The van der Waals surface area contributed by atoms with Gasteiger partial charge in [0.25, 0.3) is 0 Å². The van der Waals surface area contributed by atoms with E-state index in [1.807, 2.05) is 32.1 Å². The number of hydrogen-bond donors (Lipinski definition) is 2. The number of aromatic nitrogens is 4. The number of nitrogens with one attached hydrogen (secondary N) is 2. The first-order chi connectivity index (χ1) is 22.5. The van der Waals surface area contributed by atoms with Gasteiger partial charge >= 0.3 is 17.9 Å². The summed E-state index contributed by atoms with van der Waals surface area (Å²) >= 11 is 0. The first-order valence-electron chi connectivity index (χ1n) is 16.1. The zero-order chi connectivity index (χ0) is 34.2. The fourth-order valence-corrected chi connectivity index (χ4v) is 7.13. The van der Waals surface area contributed by atoms with Crippen molar-refractivity contribution in [2.75, 3.05) is 21.3 Å². The van der Waals surface area contributed by atoms with Crippen molar-refractivity contribution >= 4 is 46.1 Å². The van der Waals surface area contributed by atoms with E-state index in [0.717, 1.165) is 45.7 Å². The van der Waals surface area contributed by atoms with Crippen molar-refractivity contribution in [3.8, 4) is 0 Å². The van der Waals surface area contributed by atoms with Crippen LogP contribution in [0.4, 0.5) is 0 Å². The van der Waals surface area contributed by atoms with Crippen LogP contribution in [0.5, 0.6) is 0 Å². The van der Waals surface area contributed by atoms with Gasteiger partial charge in [0.1, 0.15) is 0 Å². The first-order valence-corrected chi connectivity index (χ1v) is 16.1. The van der Waals surface area contributed by atoms with Crippen molar-refractivity contribution in [3.05, 3.63) is 75.4 Å². The minimum Gasteiger partial charge on any atom is -0.469 e. The molecule has 2 N–H and O–H groups in total. The van der Waals surface area contributed by atoms with Gasteiger partial charge in [-0.3, -0.25) is 19.6 Å². The molecule has 5 heterocycles. The number of ether oxygens (including phenoxy) is 3. The molecule has 0 spiro atoms. The molecule has 5 rings (SSSR count). The van der Waals surface area contributed by atoms with Crippen LogP contribution in [0.1, 0.15) is 119 Å². The Labute approximate surface area is 275 Å². The molecule has 10 nitrogen and oxygen atoms in total. The predicted octanol–water partition coefficient (Wildman–Crippen LogP) is 7.21. The number of H-pyrrole nitrogens is 2. The highest BCUT2D eigenvalue weighted by Gasteiger charge is 2.34. The van der Waals surface area contributed by atoms with E-state index < -0.39 is 11.9 Å². The van der Waals surface area contributed by atoms with Crippen molar-refractivity contribution in [2.45, 2.75) is 84.0 Å². The van der Waals surface area contributed by atoms with Gasteiger partial charge in [0.2, 0.25) is 0 Å². The van der Waals surface area contributed by atoms with Gasteiger partial charge in [-0.05, 0) is 56.0 Å². The van der Waals surface area contributed by atoms with Crippen LogP contribution in [0.25, 0.3) is 28.1 Å². The van der Waals surface area contributed by atoms with E-state index >= 15 is 0 Å². The molecule has 0 aliphatic carbocycles. The number of fused-ring (bicyclic) bond motifs is 8. The Balaban J connectivity index is 2.01. The van der Waals surface area contributed by atoms with Crippen LogP contribution in [0.3, 0.4) is 0 Å². The van der Waals surface area contributed by atoms with E-state index in [9.17, 15) is 14.4 Å². The maximum Gasteiger partial charge on any atom is 0.340 e. The minimum atomic E-state index is -0.539. The number of methoxy groups -OCH3 is 3. The number of rotatable bonds is 8. The smallest absolute Gasteiger partial charge is 0.340 e. The third-order valence-electron chi connectivity index (χ3n) is 9.99. The van der Waals surface area contributed by atoms with Crippen LogP contribution in [0.15, 0.2) is 24.8 Å². The highest BCUT2D eigenvalue weighted by molar-refractivity contribution is 6.03. The van der Waals surface area contributed by atoms with E-state index in [4.69, 9.17) is 24.2 Å². The summed E-state index contributed by atoms with van der Waals surface area (Å²) in [4.78, 5) is 56.2. The molecule has 8 bridgehead atoms. The molecule has 0 saturated heterocycles. The SMILES string of the molecule is C=Cc1c(C)c2cc3nc(c(CC(=O)OC)c4[nH]c(cc5nc(cc1[nH]2)C(C)C5CC)c(C)c4C(=O)OC)[C@H](CCC(=O)OC)C3C. The summed E-state index contributed by atoms with van der Waals surface area (Å²) in [6.07, 6.45) is 3.16. The van der Waals surface area contributed by atoms with Crippen LogP contribution < -0.4 is 0 Å². The lowest BCUT2D eigenvalue weighted by Gasteiger charge is -2.17. The maximum atomic E-state index is 13.4. The van der Waals surface area contributed by atoms with E-state index in [1.165, 1.54) is 21.3 Å². The molecule has 0 saturated carbocycles. The lowest BCUT2D eigenvalue weighted by Crippen LogP contribution is -2.13. The molecule has 0 amide bonds. The highest BCUT2D eigenvalue weighted by Crippen LogP contribution is 2.43. The van der Waals surface area contributed by atoms with Gasteiger partial charge < -0.3 is 24.2 Å². The molecular formula is C37H44N4O6. The molecule has 0 aromatic carbocycles. The minimum absolute atomic E-state index is 0.134. The molecule has 10 heteroatoms. The normalized spacial score (nSPS) is 18.9. The summed E-state index contributed by atoms with van der Waals surface area (Å²) in [5, 5.41) is 0. The number of nitrogens with zero attached hydrogens (tertiary/aromatic N) is 2. The van der Waals surface area contributed by atoms with E-state index in [-0.39, 0.29) is 42.5 Å². The Morgan fingerprint density at radius 3 is 2.09 bits per heavy atom. The van der Waals surface area contributed by atoms with Crippen LogP contribution in [0, 0.1) is 13.8 Å². The third kappa shape index (κ3) is 6.08. The van der Waals surface area contributed by atoms with Gasteiger partial charge in [-0.1, -0.05) is 33.4 Å². The maximum absolute atomic E-state index is 13.4. The zero-order valence-corrected chi connectivity index (χ0v) is 28.5. The number of esters is 3. The van der Waals surface area contributed by atoms with Crippen molar-refractivity contribution in [1.29, 1.82) is 0 Å². The largest absolute Gasteiger partial charge is 0.469 e. The molecular weight excluding hydrogens is 596 g/mol. The molecule has 0 fully saturated rings. The summed E-state index contributed by atoms with van der Waals surface area (Å²) in [6, 6.07) is 6.13. The van der Waals surface area contributed by atoms with Crippen molar-refractivity contribution in [2.24, 2.45) is 0 Å². The summed E-state index contributed by atoms with van der Waals surface area (Å²) in [5.74, 6) is -1.46. The van der Waals surface area contributed by atoms with Gasteiger partial charge in [0, 0.05) is 74.9 Å². The monoisotopic (exact) mass is 640 g/mol. The Bertz CT molecular complexity index is 1920. The Morgan fingerprint density at radius 1 is 0.830 bits per heavy atom. The molecule has 3 aromatic rings. The predicted molar refractivity (Wildman–Crippen MR) is 181 cm³/mol. The van der Waals surface area contributed by atoms with Crippen LogP contribution in [-0.4, -0.2) is 59.2 Å². The van der Waals surface area contributed by atoms with Gasteiger partial charge in [-0.2, -0.15) is 0 Å². The Hall–Kier alpha value is -4.73. The average molecular weight is 641 g/mol. The van der Waals surface area contributed by atoms with Crippen molar-refractivity contribution in [3.63, 3.8) is 0 Å². The summed E-state index contributed by atoms with van der Waals surface area (Å²) in [6.45, 7) is 14.4. The summed E-state index contributed by atoms with van der Waals surface area (Å²) in [7, 11) is 4.03. The fourth-order valence-electron chi connectivity index (χ4n) is 7.13. The van der Waals surface area contributed by atoms with E-state index in [2.05, 4.69) is 43.4 Å². The molecule has 248 valence electrons.